The molecule has 242 valence electrons. The fourth-order valence-electron chi connectivity index (χ4n) is 6.92. The van der Waals surface area contributed by atoms with Gasteiger partial charge in [-0.1, -0.05) is 54.6 Å². The van der Waals surface area contributed by atoms with Gasteiger partial charge in [0.1, 0.15) is 5.54 Å². The maximum Gasteiger partial charge on any atom is 0.257 e. The monoisotopic (exact) mass is 633 g/mol. The van der Waals surface area contributed by atoms with Gasteiger partial charge in [-0.25, -0.2) is 0 Å². The number of hydrogen-bond acceptors (Lipinski definition) is 8. The zero-order chi connectivity index (χ0) is 32.2. The third-order valence-electron chi connectivity index (χ3n) is 9.51. The molecular weight excluding hydrogens is 594 g/mol. The Morgan fingerprint density at radius 1 is 0.957 bits per heavy atom. The zero-order valence-electron chi connectivity index (χ0n) is 26.1. The highest BCUT2D eigenvalue weighted by molar-refractivity contribution is 6.04. The second-order valence-electron chi connectivity index (χ2n) is 12.4. The Bertz CT molecular complexity index is 1680. The first-order chi connectivity index (χ1) is 23.0. The number of aliphatic hydroxyl groups is 1. The van der Waals surface area contributed by atoms with Gasteiger partial charge in [0, 0.05) is 55.4 Å². The molecule has 3 aliphatic rings. The Labute approximate surface area is 274 Å². The molecule has 4 heterocycles. The highest BCUT2D eigenvalue weighted by Crippen LogP contribution is 2.40. The Morgan fingerprint density at radius 3 is 2.51 bits per heavy atom. The van der Waals surface area contributed by atoms with E-state index in [1.807, 2.05) is 66.7 Å². The van der Waals surface area contributed by atoms with Gasteiger partial charge in [-0.2, -0.15) is 0 Å². The van der Waals surface area contributed by atoms with Crippen molar-refractivity contribution in [2.24, 2.45) is 0 Å². The maximum absolute atomic E-state index is 13.2. The highest BCUT2D eigenvalue weighted by atomic mass is 16.7. The molecule has 3 fully saturated rings. The number of pyridine rings is 1. The summed E-state index contributed by atoms with van der Waals surface area (Å²) in [5.41, 5.74) is 4.27. The molecule has 7 rings (SSSR count). The van der Waals surface area contributed by atoms with Gasteiger partial charge in [-0.15, -0.1) is 0 Å². The van der Waals surface area contributed by atoms with Crippen LogP contribution in [0.25, 0.3) is 0 Å². The van der Waals surface area contributed by atoms with Crippen LogP contribution in [-0.2, 0) is 20.9 Å². The van der Waals surface area contributed by atoms with E-state index in [1.165, 1.54) is 6.20 Å². The molecule has 47 heavy (non-hydrogen) atoms. The van der Waals surface area contributed by atoms with Crippen molar-refractivity contribution in [1.29, 1.82) is 0 Å². The van der Waals surface area contributed by atoms with E-state index < -0.39 is 11.8 Å². The molecule has 3 aromatic carbocycles. The number of carbonyl (C=O) groups is 2. The number of nitrogens with one attached hydrogen (secondary N) is 2. The Hall–Kier alpha value is -4.61. The summed E-state index contributed by atoms with van der Waals surface area (Å²) >= 11 is 0. The topological polar surface area (TPSA) is 116 Å². The van der Waals surface area contributed by atoms with Gasteiger partial charge >= 0.3 is 0 Å². The number of aromatic nitrogens is 1. The number of carbonyl (C=O) groups excluding carboxylic acids is 2. The Morgan fingerprint density at radius 2 is 1.77 bits per heavy atom. The van der Waals surface area contributed by atoms with E-state index in [2.05, 4.69) is 37.6 Å². The number of benzene rings is 3. The molecule has 0 unspecified atom stereocenters. The van der Waals surface area contributed by atoms with E-state index in [9.17, 15) is 14.7 Å². The van der Waals surface area contributed by atoms with Crippen LogP contribution < -0.4 is 15.5 Å². The van der Waals surface area contributed by atoms with Crippen molar-refractivity contribution in [3.05, 3.63) is 126 Å². The number of piperidine rings is 1. The number of nitrogens with zero attached hydrogens (tertiary/aromatic N) is 3. The molecule has 10 nitrogen and oxygen atoms in total. The lowest BCUT2D eigenvalue weighted by Crippen LogP contribution is -2.57. The van der Waals surface area contributed by atoms with Crippen LogP contribution in [0.5, 0.6) is 0 Å². The zero-order valence-corrected chi connectivity index (χ0v) is 26.1. The van der Waals surface area contributed by atoms with Crippen LogP contribution in [0.15, 0.2) is 103 Å². The SMILES string of the molecule is O=C(Nc1cccc([C@@H]2O[C@H](CN3CCC4(CC3)C(=O)NCN4c3ccccc3)C[C@H](c3ccc(CO)cc3)O2)c1)c1cccnc1. The predicted molar refractivity (Wildman–Crippen MR) is 177 cm³/mol. The van der Waals surface area contributed by atoms with Crippen molar-refractivity contribution in [2.45, 2.75) is 49.9 Å². The summed E-state index contributed by atoms with van der Waals surface area (Å²) < 4.78 is 13.2. The van der Waals surface area contributed by atoms with Crippen molar-refractivity contribution in [3.8, 4) is 0 Å². The first kappa shape index (κ1) is 31.0. The average Bonchev–Trinajstić information content (AvgIpc) is 3.44. The van der Waals surface area contributed by atoms with Crippen LogP contribution in [0.4, 0.5) is 11.4 Å². The predicted octanol–water partition coefficient (Wildman–Crippen LogP) is 4.80. The smallest absolute Gasteiger partial charge is 0.257 e. The first-order valence-corrected chi connectivity index (χ1v) is 16.2. The number of ether oxygens (including phenoxy) is 2. The van der Waals surface area contributed by atoms with E-state index in [0.717, 1.165) is 48.3 Å². The Kier molecular flexibility index (Phi) is 8.99. The largest absolute Gasteiger partial charge is 0.392 e. The standard InChI is InChI=1S/C37H39N5O5/c43-24-26-11-13-27(14-12-26)33-21-32(23-41-18-15-37(16-19-41)36(45)39-25-42(37)31-9-2-1-3-10-31)46-35(47-33)28-6-4-8-30(20-28)40-34(44)29-7-5-17-38-22-29/h1-14,17,20,22,32-33,35,43H,15-16,18-19,21,23-25H2,(H,39,45)(H,40,44)/t32-,33+,35+/m0/s1. The van der Waals surface area contributed by atoms with Gasteiger partial charge in [-0.3, -0.25) is 14.6 Å². The number of hydrogen-bond donors (Lipinski definition) is 3. The first-order valence-electron chi connectivity index (χ1n) is 16.2. The maximum atomic E-state index is 13.2. The summed E-state index contributed by atoms with van der Waals surface area (Å²) in [6.07, 6.45) is 4.25. The lowest BCUT2D eigenvalue weighted by molar-refractivity contribution is -0.253. The van der Waals surface area contributed by atoms with Crippen molar-refractivity contribution in [3.63, 3.8) is 0 Å². The van der Waals surface area contributed by atoms with Crippen LogP contribution >= 0.6 is 0 Å². The molecule has 0 saturated carbocycles. The third kappa shape index (κ3) is 6.63. The molecule has 3 N–H and O–H groups in total. The van der Waals surface area contributed by atoms with Crippen molar-refractivity contribution >= 4 is 23.2 Å². The molecular formula is C37H39N5O5. The molecule has 0 radical (unpaired) electrons. The summed E-state index contributed by atoms with van der Waals surface area (Å²) in [6.45, 7) is 2.74. The number of aliphatic hydroxyl groups excluding tert-OH is 1. The number of para-hydroxylation sites is 1. The van der Waals surface area contributed by atoms with Crippen LogP contribution in [-0.4, -0.2) is 64.8 Å². The molecule has 3 aliphatic heterocycles. The van der Waals surface area contributed by atoms with Gasteiger partial charge in [0.25, 0.3) is 5.91 Å². The van der Waals surface area contributed by atoms with Crippen molar-refractivity contribution in [1.82, 2.24) is 15.2 Å². The van der Waals surface area contributed by atoms with E-state index in [1.54, 1.807) is 18.3 Å². The second-order valence-corrected chi connectivity index (χ2v) is 12.4. The number of likely N-dealkylation sites (tertiary alicyclic amines) is 1. The fraction of sp³-hybridized carbons (Fsp3) is 0.324. The molecule has 2 amide bonds. The number of rotatable bonds is 8. The van der Waals surface area contributed by atoms with Crippen molar-refractivity contribution in [2.75, 3.05) is 36.5 Å². The van der Waals surface area contributed by atoms with E-state index in [0.29, 0.717) is 30.9 Å². The molecule has 1 spiro atoms. The van der Waals surface area contributed by atoms with E-state index in [4.69, 9.17) is 9.47 Å². The average molecular weight is 634 g/mol. The van der Waals surface area contributed by atoms with Crippen LogP contribution in [0.1, 0.15) is 58.7 Å². The van der Waals surface area contributed by atoms with E-state index in [-0.39, 0.29) is 30.6 Å². The summed E-state index contributed by atoms with van der Waals surface area (Å²) in [4.78, 5) is 34.7. The molecule has 1 aromatic heterocycles. The molecule has 3 atom stereocenters. The molecule has 10 heteroatoms. The minimum atomic E-state index is -0.656. The quantitative estimate of drug-likeness (QED) is 0.254. The molecule has 0 bridgehead atoms. The van der Waals surface area contributed by atoms with Gasteiger partial charge in [0.15, 0.2) is 6.29 Å². The van der Waals surface area contributed by atoms with Gasteiger partial charge in [0.05, 0.1) is 31.0 Å². The summed E-state index contributed by atoms with van der Waals surface area (Å²) in [7, 11) is 0. The summed E-state index contributed by atoms with van der Waals surface area (Å²) in [5.74, 6) is -0.143. The van der Waals surface area contributed by atoms with Gasteiger partial charge in [-0.05, 0) is 60.4 Å². The third-order valence-corrected chi connectivity index (χ3v) is 9.51. The normalized spacial score (nSPS) is 22.6. The minimum absolute atomic E-state index is 0.0199. The van der Waals surface area contributed by atoms with Gasteiger partial charge in [0.2, 0.25) is 5.91 Å². The summed E-state index contributed by atoms with van der Waals surface area (Å²) in [5, 5.41) is 15.6. The fourth-order valence-corrected chi connectivity index (χ4v) is 6.92. The van der Waals surface area contributed by atoms with Crippen LogP contribution in [0.3, 0.4) is 0 Å². The molecule has 3 saturated heterocycles. The molecule has 4 aromatic rings. The lowest BCUT2D eigenvalue weighted by atomic mass is 9.85. The number of anilines is 2. The van der Waals surface area contributed by atoms with Crippen LogP contribution in [0.2, 0.25) is 0 Å². The van der Waals surface area contributed by atoms with E-state index >= 15 is 0 Å². The number of amides is 2. The second kappa shape index (κ2) is 13.6. The van der Waals surface area contributed by atoms with Crippen molar-refractivity contribution < 1.29 is 24.2 Å². The highest BCUT2D eigenvalue weighted by Gasteiger charge is 2.50. The Balaban J connectivity index is 1.07. The molecule has 0 aliphatic carbocycles. The minimum Gasteiger partial charge on any atom is -0.392 e. The van der Waals surface area contributed by atoms with Gasteiger partial charge < -0.3 is 35.0 Å². The lowest BCUT2D eigenvalue weighted by Gasteiger charge is -2.45. The summed E-state index contributed by atoms with van der Waals surface area (Å²) in [6, 6.07) is 29.0. The van der Waals surface area contributed by atoms with Crippen LogP contribution in [0, 0.1) is 0 Å².